The second-order valence-corrected chi connectivity index (χ2v) is 6.71. The highest BCUT2D eigenvalue weighted by Crippen LogP contribution is 2.19. The Morgan fingerprint density at radius 3 is 3.17 bits per heavy atom. The van der Waals surface area contributed by atoms with Gasteiger partial charge in [-0.1, -0.05) is 0 Å². The zero-order valence-electron chi connectivity index (χ0n) is 13.9. The monoisotopic (exact) mass is 349 g/mol. The number of esters is 1. The van der Waals surface area contributed by atoms with Crippen LogP contribution in [0.15, 0.2) is 23.0 Å². The van der Waals surface area contributed by atoms with Gasteiger partial charge >= 0.3 is 5.97 Å². The third kappa shape index (κ3) is 4.43. The van der Waals surface area contributed by atoms with Crippen LogP contribution in [0.2, 0.25) is 0 Å². The molecule has 1 aliphatic heterocycles. The van der Waals surface area contributed by atoms with Crippen molar-refractivity contribution in [2.45, 2.75) is 39.0 Å². The van der Waals surface area contributed by atoms with Crippen LogP contribution in [-0.2, 0) is 22.6 Å². The Labute approximate surface area is 145 Å². The molecule has 1 saturated heterocycles. The number of H-pyrrole nitrogens is 1. The number of carbonyl (C=O) groups is 1. The fraction of sp³-hybridized carbons (Fsp3) is 0.529. The summed E-state index contributed by atoms with van der Waals surface area (Å²) in [6.45, 7) is 5.32. The molecule has 24 heavy (non-hydrogen) atoms. The molecule has 0 spiro atoms. The smallest absolute Gasteiger partial charge is 0.356 e. The first kappa shape index (κ1) is 17.1. The van der Waals surface area contributed by atoms with Gasteiger partial charge in [0.2, 0.25) is 0 Å². The maximum absolute atomic E-state index is 12.0. The molecule has 0 aliphatic carbocycles. The van der Waals surface area contributed by atoms with Gasteiger partial charge < -0.3 is 9.47 Å². The number of nitrogens with one attached hydrogen (secondary N) is 1. The number of nitrogens with zero attached hydrogens (tertiary/aromatic N) is 2. The first-order valence-corrected chi connectivity index (χ1v) is 9.25. The van der Waals surface area contributed by atoms with E-state index < -0.39 is 0 Å². The minimum absolute atomic E-state index is 0.265. The van der Waals surface area contributed by atoms with Gasteiger partial charge in [0, 0.05) is 31.8 Å². The number of hydrogen-bond donors (Lipinski definition) is 1. The van der Waals surface area contributed by atoms with Crippen LogP contribution in [-0.4, -0.2) is 46.9 Å². The highest BCUT2D eigenvalue weighted by molar-refractivity contribution is 7.07. The number of ether oxygens (including phenoxy) is 2. The molecule has 2 aromatic heterocycles. The van der Waals surface area contributed by atoms with E-state index in [1.165, 1.54) is 5.56 Å². The van der Waals surface area contributed by atoms with E-state index in [0.717, 1.165) is 38.1 Å². The number of rotatable bonds is 8. The van der Waals surface area contributed by atoms with Gasteiger partial charge in [0.05, 0.1) is 18.9 Å². The lowest BCUT2D eigenvalue weighted by atomic mass is 10.1. The molecular weight excluding hydrogens is 326 g/mol. The van der Waals surface area contributed by atoms with Gasteiger partial charge in [0.25, 0.3) is 0 Å². The van der Waals surface area contributed by atoms with E-state index in [4.69, 9.17) is 9.47 Å². The minimum atomic E-state index is -0.349. The average Bonchev–Trinajstić information content (AvgIpc) is 3.29. The van der Waals surface area contributed by atoms with Crippen molar-refractivity contribution in [3.05, 3.63) is 39.8 Å². The van der Waals surface area contributed by atoms with Gasteiger partial charge in [0.15, 0.2) is 0 Å². The van der Waals surface area contributed by atoms with Crippen LogP contribution in [0.25, 0.3) is 0 Å². The van der Waals surface area contributed by atoms with Crippen LogP contribution in [0.3, 0.4) is 0 Å². The minimum Gasteiger partial charge on any atom is -0.461 e. The first-order chi connectivity index (χ1) is 11.8. The van der Waals surface area contributed by atoms with Crippen LogP contribution in [0.4, 0.5) is 0 Å². The summed E-state index contributed by atoms with van der Waals surface area (Å²) in [6, 6.07) is 2.13. The SMILES string of the molecule is CCOC(=O)c1[nH]ncc1CN(Cc1ccsc1)CC1CCCO1. The fourth-order valence-electron chi connectivity index (χ4n) is 2.95. The summed E-state index contributed by atoms with van der Waals surface area (Å²) < 4.78 is 10.9. The Morgan fingerprint density at radius 1 is 1.54 bits per heavy atom. The standard InChI is InChI=1S/C17H23N3O3S/c1-2-22-17(21)16-14(8-18-19-16)10-20(9-13-5-7-24-12-13)11-15-4-3-6-23-15/h5,7-8,12,15H,2-4,6,9-11H2,1H3,(H,18,19). The number of aromatic amines is 1. The highest BCUT2D eigenvalue weighted by atomic mass is 32.1. The van der Waals surface area contributed by atoms with Crippen molar-refractivity contribution in [2.24, 2.45) is 0 Å². The number of thiophene rings is 1. The molecule has 6 nitrogen and oxygen atoms in total. The maximum atomic E-state index is 12.0. The lowest BCUT2D eigenvalue weighted by Gasteiger charge is -2.24. The van der Waals surface area contributed by atoms with E-state index in [2.05, 4.69) is 31.9 Å². The molecule has 7 heteroatoms. The van der Waals surface area contributed by atoms with Crippen molar-refractivity contribution >= 4 is 17.3 Å². The molecule has 1 fully saturated rings. The predicted molar refractivity (Wildman–Crippen MR) is 92.0 cm³/mol. The van der Waals surface area contributed by atoms with Gasteiger partial charge in [-0.2, -0.15) is 16.4 Å². The zero-order valence-corrected chi connectivity index (χ0v) is 14.7. The van der Waals surface area contributed by atoms with Crippen molar-refractivity contribution in [1.29, 1.82) is 0 Å². The van der Waals surface area contributed by atoms with Gasteiger partial charge in [-0.15, -0.1) is 0 Å². The van der Waals surface area contributed by atoms with E-state index in [1.54, 1.807) is 24.5 Å². The molecule has 1 atom stereocenters. The molecule has 0 saturated carbocycles. The van der Waals surface area contributed by atoms with E-state index in [9.17, 15) is 4.79 Å². The van der Waals surface area contributed by atoms with Crippen LogP contribution < -0.4 is 0 Å². The summed E-state index contributed by atoms with van der Waals surface area (Å²) >= 11 is 1.70. The summed E-state index contributed by atoms with van der Waals surface area (Å²) in [6.07, 6.45) is 4.19. The summed E-state index contributed by atoms with van der Waals surface area (Å²) in [4.78, 5) is 14.3. The van der Waals surface area contributed by atoms with Crippen molar-refractivity contribution in [1.82, 2.24) is 15.1 Å². The Morgan fingerprint density at radius 2 is 2.46 bits per heavy atom. The Hall–Kier alpha value is -1.70. The number of aromatic nitrogens is 2. The van der Waals surface area contributed by atoms with Gasteiger partial charge in [-0.05, 0) is 42.2 Å². The summed E-state index contributed by atoms with van der Waals surface area (Å²) in [5.41, 5.74) is 2.58. The third-order valence-electron chi connectivity index (χ3n) is 4.06. The second-order valence-electron chi connectivity index (χ2n) is 5.93. The molecule has 1 N–H and O–H groups in total. The van der Waals surface area contributed by atoms with Crippen molar-refractivity contribution < 1.29 is 14.3 Å². The van der Waals surface area contributed by atoms with E-state index in [0.29, 0.717) is 18.8 Å². The molecule has 0 bridgehead atoms. The van der Waals surface area contributed by atoms with Crippen molar-refractivity contribution in [3.63, 3.8) is 0 Å². The lowest BCUT2D eigenvalue weighted by molar-refractivity contribution is 0.0513. The molecule has 130 valence electrons. The fourth-order valence-corrected chi connectivity index (χ4v) is 3.61. The van der Waals surface area contributed by atoms with Crippen LogP contribution >= 0.6 is 11.3 Å². The Bertz CT molecular complexity index is 635. The van der Waals surface area contributed by atoms with Gasteiger partial charge in [0.1, 0.15) is 5.69 Å². The normalized spacial score (nSPS) is 17.5. The molecule has 3 heterocycles. The van der Waals surface area contributed by atoms with Crippen LogP contribution in [0, 0.1) is 0 Å². The summed E-state index contributed by atoms with van der Waals surface area (Å²) in [5, 5.41) is 11.0. The largest absolute Gasteiger partial charge is 0.461 e. The van der Waals surface area contributed by atoms with Crippen LogP contribution in [0.5, 0.6) is 0 Å². The number of hydrogen-bond acceptors (Lipinski definition) is 6. The summed E-state index contributed by atoms with van der Waals surface area (Å²) in [5.74, 6) is -0.349. The Balaban J connectivity index is 1.70. The zero-order chi connectivity index (χ0) is 16.8. The van der Waals surface area contributed by atoms with E-state index >= 15 is 0 Å². The van der Waals surface area contributed by atoms with Gasteiger partial charge in [-0.3, -0.25) is 10.00 Å². The maximum Gasteiger partial charge on any atom is 0.356 e. The van der Waals surface area contributed by atoms with Gasteiger partial charge in [-0.25, -0.2) is 4.79 Å². The average molecular weight is 349 g/mol. The molecule has 2 aromatic rings. The molecule has 1 unspecified atom stereocenters. The van der Waals surface area contributed by atoms with E-state index in [-0.39, 0.29) is 12.1 Å². The second kappa shape index (κ2) is 8.41. The summed E-state index contributed by atoms with van der Waals surface area (Å²) in [7, 11) is 0. The molecule has 3 rings (SSSR count). The molecule has 0 aromatic carbocycles. The quantitative estimate of drug-likeness (QED) is 0.742. The topological polar surface area (TPSA) is 67.5 Å². The van der Waals surface area contributed by atoms with Crippen molar-refractivity contribution in [3.8, 4) is 0 Å². The third-order valence-corrected chi connectivity index (χ3v) is 4.80. The molecule has 0 radical (unpaired) electrons. The first-order valence-electron chi connectivity index (χ1n) is 8.30. The Kier molecular flexibility index (Phi) is 6.01. The highest BCUT2D eigenvalue weighted by Gasteiger charge is 2.22. The lowest BCUT2D eigenvalue weighted by Crippen LogP contribution is -2.31. The van der Waals surface area contributed by atoms with Crippen molar-refractivity contribution in [2.75, 3.05) is 19.8 Å². The number of carbonyl (C=O) groups excluding carboxylic acids is 1. The van der Waals surface area contributed by atoms with E-state index in [1.807, 2.05) is 0 Å². The molecular formula is C17H23N3O3S. The van der Waals surface area contributed by atoms with Crippen LogP contribution in [0.1, 0.15) is 41.4 Å². The predicted octanol–water partition coefficient (Wildman–Crippen LogP) is 2.83. The molecule has 1 aliphatic rings. The molecule has 0 amide bonds.